The Labute approximate surface area is 279 Å². The van der Waals surface area contributed by atoms with Crippen molar-refractivity contribution in [3.8, 4) is 56.8 Å². The maximum Gasteiger partial charge on any atom is 0.339 e. The van der Waals surface area contributed by atoms with Gasteiger partial charge in [0.1, 0.15) is 16.4 Å². The molecule has 0 atom stereocenters. The third-order valence-electron chi connectivity index (χ3n) is 6.25. The van der Waals surface area contributed by atoms with E-state index < -0.39 is 52.0 Å². The van der Waals surface area contributed by atoms with E-state index in [0.29, 0.717) is 5.56 Å². The fourth-order valence-electron chi connectivity index (χ4n) is 4.40. The van der Waals surface area contributed by atoms with Crippen molar-refractivity contribution in [2.45, 2.75) is 11.8 Å². The van der Waals surface area contributed by atoms with Gasteiger partial charge in [-0.2, -0.15) is 33.7 Å². The van der Waals surface area contributed by atoms with Crippen LogP contribution in [-0.2, 0) is 40.5 Å². The first-order chi connectivity index (χ1) is 22.2. The molecule has 0 aliphatic carbocycles. The highest BCUT2D eigenvalue weighted by Gasteiger charge is 2.28. The fraction of sp³-hybridized carbons (Fsp3) is 0.200. The Hall–Kier alpha value is -4.52. The lowest BCUT2D eigenvalue weighted by molar-refractivity contribution is 0.386. The lowest BCUT2D eigenvalue weighted by atomic mass is 9.96. The van der Waals surface area contributed by atoms with Crippen molar-refractivity contribution in [2.24, 2.45) is 0 Å². The molecular weight excluding hydrogens is 713 g/mol. The second kappa shape index (κ2) is 13.5. The van der Waals surface area contributed by atoms with E-state index in [1.807, 2.05) is 0 Å². The maximum atomic E-state index is 13.1. The SMILES string of the molecule is COc1cc(-c2ccc(OS(C)(=O)=O)cc2)c(OC)c(OS(C)(=O)=O)c1-c1ccc(OS(=O)(=O)c2ccc(C)cc2)c(OS(C)(=O)=O)c1. The average molecular weight is 743 g/mol. The van der Waals surface area contributed by atoms with Crippen LogP contribution in [0.15, 0.2) is 77.7 Å². The van der Waals surface area contributed by atoms with Crippen molar-refractivity contribution < 1.29 is 59.9 Å². The fourth-order valence-corrected chi connectivity index (χ4v) is 6.71. The molecule has 0 aromatic heterocycles. The zero-order chi connectivity index (χ0) is 35.7. The largest absolute Gasteiger partial charge is 0.496 e. The van der Waals surface area contributed by atoms with Crippen LogP contribution in [-0.4, -0.2) is 66.7 Å². The van der Waals surface area contributed by atoms with Gasteiger partial charge >= 0.3 is 40.5 Å². The number of ether oxygens (including phenoxy) is 2. The highest BCUT2D eigenvalue weighted by atomic mass is 32.2. The van der Waals surface area contributed by atoms with Gasteiger partial charge in [0, 0.05) is 5.56 Å². The first kappa shape index (κ1) is 36.3. The molecule has 0 unspecified atom stereocenters. The second-order valence-electron chi connectivity index (χ2n) is 10.3. The molecule has 0 radical (unpaired) electrons. The van der Waals surface area contributed by atoms with E-state index in [2.05, 4.69) is 0 Å². The molecule has 0 fully saturated rings. The Bertz CT molecular complexity index is 2280. The Morgan fingerprint density at radius 3 is 1.58 bits per heavy atom. The van der Waals surface area contributed by atoms with Gasteiger partial charge in [0.25, 0.3) is 0 Å². The van der Waals surface area contributed by atoms with Gasteiger partial charge in [-0.3, -0.25) is 0 Å². The Kier molecular flexibility index (Phi) is 10.2. The van der Waals surface area contributed by atoms with Crippen molar-refractivity contribution in [3.05, 3.63) is 78.4 Å². The number of benzene rings is 4. The molecule has 0 heterocycles. The minimum Gasteiger partial charge on any atom is -0.496 e. The summed E-state index contributed by atoms with van der Waals surface area (Å²) in [7, 11) is -14.2. The minimum absolute atomic E-state index is 0.00663. The van der Waals surface area contributed by atoms with Crippen LogP contribution >= 0.6 is 0 Å². The smallest absolute Gasteiger partial charge is 0.339 e. The van der Waals surface area contributed by atoms with E-state index in [1.54, 1.807) is 19.1 Å². The monoisotopic (exact) mass is 742 g/mol. The highest BCUT2D eigenvalue weighted by molar-refractivity contribution is 7.87. The summed E-state index contributed by atoms with van der Waals surface area (Å²) in [5.41, 5.74) is 1.44. The summed E-state index contributed by atoms with van der Waals surface area (Å²) in [6.45, 7) is 1.76. The molecule has 18 heteroatoms. The van der Waals surface area contributed by atoms with Gasteiger partial charge in [-0.05, 0) is 60.5 Å². The molecule has 0 N–H and O–H groups in total. The highest BCUT2D eigenvalue weighted by Crippen LogP contribution is 2.52. The van der Waals surface area contributed by atoms with Gasteiger partial charge in [-0.25, -0.2) is 0 Å². The molecule has 14 nitrogen and oxygen atoms in total. The molecule has 0 saturated heterocycles. The van der Waals surface area contributed by atoms with E-state index in [0.717, 1.165) is 36.5 Å². The van der Waals surface area contributed by atoms with Crippen LogP contribution in [0.2, 0.25) is 0 Å². The predicted molar refractivity (Wildman–Crippen MR) is 176 cm³/mol. The third-order valence-corrected chi connectivity index (χ3v) is 8.95. The van der Waals surface area contributed by atoms with E-state index in [1.165, 1.54) is 62.8 Å². The summed E-state index contributed by atoms with van der Waals surface area (Å²) >= 11 is 0. The van der Waals surface area contributed by atoms with Gasteiger partial charge in [0.2, 0.25) is 0 Å². The standard InChI is InChI=1S/C30H30O14S4/c1-19-7-14-23(15-8-19)48(37,38)43-25-16-11-21(17-26(25)42-46(5,33)34)28-27(39-2)18-24(29(40-3)30(28)44-47(6,35)36)20-9-12-22(13-10-20)41-45(4,31)32/h7-18H,1-6H3. The van der Waals surface area contributed by atoms with Crippen LogP contribution in [0.25, 0.3) is 22.3 Å². The summed E-state index contributed by atoms with van der Waals surface area (Å²) in [6.07, 6.45) is 2.41. The van der Waals surface area contributed by atoms with Gasteiger partial charge < -0.3 is 26.2 Å². The maximum absolute atomic E-state index is 13.1. The van der Waals surface area contributed by atoms with E-state index >= 15 is 0 Å². The Morgan fingerprint density at radius 2 is 1.06 bits per heavy atom. The molecule has 258 valence electrons. The topological polar surface area (TPSA) is 192 Å². The van der Waals surface area contributed by atoms with Crippen molar-refractivity contribution in [1.82, 2.24) is 0 Å². The first-order valence-electron chi connectivity index (χ1n) is 13.4. The van der Waals surface area contributed by atoms with Crippen LogP contribution in [0, 0.1) is 6.92 Å². The van der Waals surface area contributed by atoms with Crippen molar-refractivity contribution in [1.29, 1.82) is 0 Å². The normalized spacial score (nSPS) is 12.2. The van der Waals surface area contributed by atoms with Crippen LogP contribution in [0.1, 0.15) is 5.56 Å². The van der Waals surface area contributed by atoms with Gasteiger partial charge in [0.15, 0.2) is 23.0 Å². The number of rotatable bonds is 13. The Morgan fingerprint density at radius 1 is 0.500 bits per heavy atom. The van der Waals surface area contributed by atoms with Gasteiger partial charge in [-0.1, -0.05) is 35.9 Å². The zero-order valence-electron chi connectivity index (χ0n) is 26.3. The van der Waals surface area contributed by atoms with Crippen LogP contribution in [0.4, 0.5) is 0 Å². The van der Waals surface area contributed by atoms with Crippen molar-refractivity contribution in [3.63, 3.8) is 0 Å². The molecule has 4 rings (SSSR count). The molecule has 48 heavy (non-hydrogen) atoms. The first-order valence-corrected chi connectivity index (χ1v) is 20.3. The molecule has 0 aliphatic rings. The molecular formula is C30H30O14S4. The van der Waals surface area contributed by atoms with Crippen molar-refractivity contribution in [2.75, 3.05) is 33.0 Å². The lowest BCUT2D eigenvalue weighted by Gasteiger charge is -2.21. The quantitative estimate of drug-likeness (QED) is 0.178. The summed E-state index contributed by atoms with van der Waals surface area (Å²) in [5.74, 6) is -1.51. The summed E-state index contributed by atoms with van der Waals surface area (Å²) in [5, 5.41) is 0. The second-order valence-corrected chi connectivity index (χ2v) is 16.5. The zero-order valence-corrected chi connectivity index (χ0v) is 29.5. The van der Waals surface area contributed by atoms with Crippen LogP contribution in [0.5, 0.6) is 34.5 Å². The number of hydrogen-bond acceptors (Lipinski definition) is 14. The Balaban J connectivity index is 1.95. The number of hydrogen-bond donors (Lipinski definition) is 0. The van der Waals surface area contributed by atoms with E-state index in [-0.39, 0.29) is 44.6 Å². The molecule has 0 saturated carbocycles. The number of aryl methyl sites for hydroxylation is 1. The van der Waals surface area contributed by atoms with Crippen molar-refractivity contribution >= 4 is 40.5 Å². The molecule has 0 amide bonds. The minimum atomic E-state index is -4.46. The molecule has 4 aromatic carbocycles. The summed E-state index contributed by atoms with van der Waals surface area (Å²) in [4.78, 5) is -0.204. The average Bonchev–Trinajstić information content (AvgIpc) is 2.96. The molecule has 0 spiro atoms. The molecule has 0 aliphatic heterocycles. The predicted octanol–water partition coefficient (Wildman–Crippen LogP) is 4.13. The van der Waals surface area contributed by atoms with Gasteiger partial charge in [0.05, 0.1) is 38.6 Å². The van der Waals surface area contributed by atoms with E-state index in [4.69, 9.17) is 26.2 Å². The third kappa shape index (κ3) is 9.09. The summed E-state index contributed by atoms with van der Waals surface area (Å²) in [6, 6.07) is 16.4. The van der Waals surface area contributed by atoms with Crippen LogP contribution in [0.3, 0.4) is 0 Å². The number of methoxy groups -OCH3 is 2. The van der Waals surface area contributed by atoms with Gasteiger partial charge in [-0.15, -0.1) is 0 Å². The van der Waals surface area contributed by atoms with Crippen LogP contribution < -0.4 is 26.2 Å². The molecule has 0 bridgehead atoms. The lowest BCUT2D eigenvalue weighted by Crippen LogP contribution is -2.13. The summed E-state index contributed by atoms with van der Waals surface area (Å²) < 4.78 is 131. The molecule has 4 aromatic rings. The van der Waals surface area contributed by atoms with E-state index in [9.17, 15) is 33.7 Å².